The Labute approximate surface area is 126 Å². The highest BCUT2D eigenvalue weighted by atomic mass is 19.3. The Morgan fingerprint density at radius 3 is 2.68 bits per heavy atom. The van der Waals surface area contributed by atoms with Crippen LogP contribution in [0.15, 0.2) is 10.9 Å². The summed E-state index contributed by atoms with van der Waals surface area (Å²) in [6, 6.07) is 0.786. The first-order chi connectivity index (χ1) is 10.4. The van der Waals surface area contributed by atoms with E-state index in [1.165, 1.54) is 9.58 Å². The predicted molar refractivity (Wildman–Crippen MR) is 76.0 cm³/mol. The summed E-state index contributed by atoms with van der Waals surface area (Å²) in [7, 11) is 0. The molecule has 7 heteroatoms. The van der Waals surface area contributed by atoms with E-state index in [1.54, 1.807) is 13.0 Å². The minimum absolute atomic E-state index is 0.0237. The molecule has 1 aliphatic heterocycles. The Bertz CT molecular complexity index is 647. The highest BCUT2D eigenvalue weighted by molar-refractivity contribution is 5.80. The number of hydrogen-bond donors (Lipinski definition) is 0. The number of aromatic nitrogens is 2. The minimum atomic E-state index is -2.69. The van der Waals surface area contributed by atoms with Gasteiger partial charge in [-0.25, -0.2) is 13.5 Å². The molecule has 1 atom stereocenters. The molecule has 1 fully saturated rings. The van der Waals surface area contributed by atoms with Crippen LogP contribution in [-0.4, -0.2) is 39.6 Å². The number of halogens is 2. The molecular weight excluding hydrogens is 292 g/mol. The second-order valence-corrected chi connectivity index (χ2v) is 6.11. The van der Waals surface area contributed by atoms with E-state index in [1.807, 2.05) is 0 Å². The molecular formula is C15H19F2N3O2. The molecule has 1 unspecified atom stereocenters. The number of amides is 1. The van der Waals surface area contributed by atoms with Crippen LogP contribution in [0.5, 0.6) is 0 Å². The lowest BCUT2D eigenvalue weighted by Crippen LogP contribution is -2.46. The molecule has 2 aliphatic rings. The second kappa shape index (κ2) is 5.44. The van der Waals surface area contributed by atoms with Gasteiger partial charge < -0.3 is 4.90 Å². The molecule has 120 valence electrons. The largest absolute Gasteiger partial charge is 0.340 e. The Morgan fingerprint density at radius 2 is 2.00 bits per heavy atom. The molecule has 2 heterocycles. The summed E-state index contributed by atoms with van der Waals surface area (Å²) < 4.78 is 27.5. The number of carbonyl (C=O) groups excluding carboxylic acids is 1. The van der Waals surface area contributed by atoms with E-state index in [0.29, 0.717) is 0 Å². The van der Waals surface area contributed by atoms with E-state index in [0.717, 1.165) is 30.5 Å². The van der Waals surface area contributed by atoms with Gasteiger partial charge in [0.1, 0.15) is 6.04 Å². The molecule has 1 aliphatic carbocycles. The fourth-order valence-electron chi connectivity index (χ4n) is 3.12. The van der Waals surface area contributed by atoms with Gasteiger partial charge in [-0.15, -0.1) is 0 Å². The first-order valence-electron chi connectivity index (χ1n) is 7.66. The van der Waals surface area contributed by atoms with Crippen molar-refractivity contribution in [3.8, 4) is 0 Å². The summed E-state index contributed by atoms with van der Waals surface area (Å²) in [6.45, 7) is 1.65. The van der Waals surface area contributed by atoms with Gasteiger partial charge in [-0.2, -0.15) is 5.10 Å². The average Bonchev–Trinajstić information content (AvgIpc) is 2.92. The van der Waals surface area contributed by atoms with Crippen molar-refractivity contribution in [1.29, 1.82) is 0 Å². The molecule has 1 aromatic heterocycles. The topological polar surface area (TPSA) is 55.2 Å². The van der Waals surface area contributed by atoms with Gasteiger partial charge in [-0.1, -0.05) is 0 Å². The molecule has 0 bridgehead atoms. The third-order valence-corrected chi connectivity index (χ3v) is 4.51. The number of aryl methyl sites for hydroxylation is 2. The van der Waals surface area contributed by atoms with Crippen LogP contribution in [0.1, 0.15) is 43.5 Å². The maximum absolute atomic E-state index is 13.2. The van der Waals surface area contributed by atoms with Crippen molar-refractivity contribution in [1.82, 2.24) is 14.7 Å². The molecule has 1 aromatic rings. The minimum Gasteiger partial charge on any atom is -0.340 e. The van der Waals surface area contributed by atoms with Gasteiger partial charge in [0, 0.05) is 32.0 Å². The van der Waals surface area contributed by atoms with Crippen LogP contribution in [0.25, 0.3) is 0 Å². The number of nitrogens with zero attached hydrogens (tertiary/aromatic N) is 3. The summed E-state index contributed by atoms with van der Waals surface area (Å²) in [5.41, 5.74) is 1.52. The summed E-state index contributed by atoms with van der Waals surface area (Å²) >= 11 is 0. The molecule has 0 radical (unpaired) electrons. The smallest absolute Gasteiger partial charge is 0.267 e. The molecule has 0 N–H and O–H groups in total. The van der Waals surface area contributed by atoms with Gasteiger partial charge in [0.25, 0.3) is 11.5 Å². The van der Waals surface area contributed by atoms with Crippen LogP contribution in [0, 0.1) is 0 Å². The highest BCUT2D eigenvalue weighted by Crippen LogP contribution is 2.28. The third-order valence-electron chi connectivity index (χ3n) is 4.51. The van der Waals surface area contributed by atoms with Crippen molar-refractivity contribution >= 4 is 5.91 Å². The Kier molecular flexibility index (Phi) is 3.74. The summed E-state index contributed by atoms with van der Waals surface area (Å²) in [5, 5.41) is 4.31. The van der Waals surface area contributed by atoms with Gasteiger partial charge >= 0.3 is 0 Å². The zero-order valence-corrected chi connectivity index (χ0v) is 12.5. The molecule has 22 heavy (non-hydrogen) atoms. The molecule has 5 nitrogen and oxygen atoms in total. The van der Waals surface area contributed by atoms with Gasteiger partial charge in [0.15, 0.2) is 0 Å². The fraction of sp³-hybridized carbons (Fsp3) is 0.667. The Hall–Kier alpha value is -1.79. The fourth-order valence-corrected chi connectivity index (χ4v) is 3.12. The van der Waals surface area contributed by atoms with Gasteiger partial charge in [0.2, 0.25) is 5.91 Å². The number of carbonyl (C=O) groups is 1. The Balaban J connectivity index is 1.78. The quantitative estimate of drug-likeness (QED) is 0.833. The van der Waals surface area contributed by atoms with Crippen LogP contribution in [-0.2, 0) is 17.6 Å². The molecule has 1 saturated heterocycles. The SMILES string of the molecule is CC(C(=O)N1CCC(F)(F)CC1)n1nc2c(cc1=O)CCC2. The van der Waals surface area contributed by atoms with Crippen molar-refractivity contribution < 1.29 is 13.6 Å². The van der Waals surface area contributed by atoms with Gasteiger partial charge in [-0.05, 0) is 31.7 Å². The standard InChI is InChI=1S/C15H19F2N3O2/c1-10(14(22)19-7-5-15(16,17)6-8-19)20-13(21)9-11-3-2-4-12(11)18-20/h9-10H,2-8H2,1H3. The van der Waals surface area contributed by atoms with Crippen LogP contribution in [0.3, 0.4) is 0 Å². The summed E-state index contributed by atoms with van der Waals surface area (Å²) in [4.78, 5) is 26.0. The molecule has 0 spiro atoms. The summed E-state index contributed by atoms with van der Waals surface area (Å²) in [6.07, 6.45) is 1.99. The number of hydrogen-bond acceptors (Lipinski definition) is 3. The first kappa shape index (κ1) is 15.1. The second-order valence-electron chi connectivity index (χ2n) is 6.11. The van der Waals surface area contributed by atoms with Crippen LogP contribution in [0.2, 0.25) is 0 Å². The van der Waals surface area contributed by atoms with E-state index in [-0.39, 0.29) is 37.4 Å². The first-order valence-corrected chi connectivity index (χ1v) is 7.66. The monoisotopic (exact) mass is 311 g/mol. The molecule has 1 amide bonds. The highest BCUT2D eigenvalue weighted by Gasteiger charge is 2.37. The van der Waals surface area contributed by atoms with Gasteiger partial charge in [-0.3, -0.25) is 9.59 Å². The zero-order chi connectivity index (χ0) is 15.9. The third kappa shape index (κ3) is 2.76. The van der Waals surface area contributed by atoms with E-state index < -0.39 is 12.0 Å². The van der Waals surface area contributed by atoms with Crippen molar-refractivity contribution in [3.05, 3.63) is 27.7 Å². The van der Waals surface area contributed by atoms with Crippen molar-refractivity contribution in [2.45, 2.75) is 51.0 Å². The lowest BCUT2D eigenvalue weighted by atomic mass is 10.1. The predicted octanol–water partition coefficient (Wildman–Crippen LogP) is 1.55. The average molecular weight is 311 g/mol. The summed E-state index contributed by atoms with van der Waals surface area (Å²) in [5.74, 6) is -3.01. The van der Waals surface area contributed by atoms with E-state index >= 15 is 0 Å². The van der Waals surface area contributed by atoms with E-state index in [9.17, 15) is 18.4 Å². The van der Waals surface area contributed by atoms with Gasteiger partial charge in [0.05, 0.1) is 5.69 Å². The lowest BCUT2D eigenvalue weighted by Gasteiger charge is -2.33. The molecule has 3 rings (SSSR count). The van der Waals surface area contributed by atoms with Crippen LogP contribution in [0.4, 0.5) is 8.78 Å². The number of piperidine rings is 1. The van der Waals surface area contributed by atoms with E-state index in [2.05, 4.69) is 5.10 Å². The van der Waals surface area contributed by atoms with E-state index in [4.69, 9.17) is 0 Å². The maximum atomic E-state index is 13.2. The number of rotatable bonds is 2. The number of likely N-dealkylation sites (tertiary alicyclic amines) is 1. The van der Waals surface area contributed by atoms with Crippen molar-refractivity contribution in [3.63, 3.8) is 0 Å². The van der Waals surface area contributed by atoms with Crippen LogP contribution >= 0.6 is 0 Å². The van der Waals surface area contributed by atoms with Crippen molar-refractivity contribution in [2.24, 2.45) is 0 Å². The van der Waals surface area contributed by atoms with Crippen molar-refractivity contribution in [2.75, 3.05) is 13.1 Å². The van der Waals surface area contributed by atoms with Crippen LogP contribution < -0.4 is 5.56 Å². The molecule has 0 aromatic carbocycles. The lowest BCUT2D eigenvalue weighted by molar-refractivity contribution is -0.140. The Morgan fingerprint density at radius 1 is 1.32 bits per heavy atom. The zero-order valence-electron chi connectivity index (χ0n) is 12.5. The number of alkyl halides is 2. The maximum Gasteiger partial charge on any atom is 0.267 e. The number of fused-ring (bicyclic) bond motifs is 1. The molecule has 0 saturated carbocycles. The normalized spacial score (nSPS) is 21.5.